The molecular weight excluding hydrogens is 440 g/mol. The number of ether oxygens (including phenoxy) is 3. The number of halogens is 1. The molecule has 0 amide bonds. The number of rotatable bonds is 6. The number of carbonyl (C=O) groups excluding carboxylic acids is 2. The number of fused-ring (bicyclic) bond motifs is 1. The molecule has 1 aromatic heterocycles. The highest BCUT2D eigenvalue weighted by Gasteiger charge is 2.60. The van der Waals surface area contributed by atoms with Crippen molar-refractivity contribution in [2.75, 3.05) is 20.8 Å². The normalized spacial score (nSPS) is 22.2. The van der Waals surface area contributed by atoms with Crippen molar-refractivity contribution in [2.45, 2.75) is 32.3 Å². The number of thiazole rings is 1. The van der Waals surface area contributed by atoms with Crippen molar-refractivity contribution in [3.8, 4) is 17.2 Å². The molecule has 2 atom stereocenters. The van der Waals surface area contributed by atoms with Gasteiger partial charge in [-0.1, -0.05) is 18.5 Å². The molecule has 1 aromatic carbocycles. The molecule has 4 rings (SSSR count). The Hall–Kier alpha value is -2.58. The summed E-state index contributed by atoms with van der Waals surface area (Å²) in [5, 5.41) is 6.51. The zero-order valence-corrected chi connectivity index (χ0v) is 19.3. The van der Waals surface area contributed by atoms with Crippen molar-refractivity contribution in [3.63, 3.8) is 0 Å². The fourth-order valence-electron chi connectivity index (χ4n) is 4.10. The fraction of sp³-hybridized carbons (Fsp3) is 0.409. The summed E-state index contributed by atoms with van der Waals surface area (Å²) in [4.78, 5) is 31.1. The van der Waals surface area contributed by atoms with Crippen molar-refractivity contribution in [1.82, 2.24) is 10.3 Å². The molecule has 0 saturated heterocycles. The molecule has 0 radical (unpaired) electrons. The van der Waals surface area contributed by atoms with Crippen molar-refractivity contribution in [3.05, 3.63) is 44.5 Å². The van der Waals surface area contributed by atoms with Crippen LogP contribution < -0.4 is 19.5 Å². The first kappa shape index (κ1) is 21.6. The highest BCUT2D eigenvalue weighted by molar-refractivity contribution is 7.09. The van der Waals surface area contributed by atoms with Gasteiger partial charge >= 0.3 is 0 Å². The third kappa shape index (κ3) is 3.47. The number of benzene rings is 1. The molecule has 2 heterocycles. The van der Waals surface area contributed by atoms with E-state index in [1.54, 1.807) is 11.3 Å². The van der Waals surface area contributed by atoms with E-state index in [1.165, 1.54) is 26.4 Å². The Morgan fingerprint density at radius 1 is 1.32 bits per heavy atom. The molecule has 1 spiro atoms. The minimum Gasteiger partial charge on any atom is -0.496 e. The second-order valence-corrected chi connectivity index (χ2v) is 8.99. The van der Waals surface area contributed by atoms with Crippen molar-refractivity contribution in [1.29, 1.82) is 0 Å². The van der Waals surface area contributed by atoms with Crippen molar-refractivity contribution >= 4 is 34.5 Å². The fourth-order valence-corrected chi connectivity index (χ4v) is 5.14. The summed E-state index contributed by atoms with van der Waals surface area (Å²) in [5.41, 5.74) is 0.310. The van der Waals surface area contributed by atoms with Gasteiger partial charge in [-0.05, 0) is 13.3 Å². The zero-order valence-electron chi connectivity index (χ0n) is 17.7. The SMILES string of the molecule is COc1cc(OC)c2c(c1Cl)OC1(C(=O)C=C(NCCc3nc(C)cs3)CC1C)C2=O. The van der Waals surface area contributed by atoms with E-state index in [-0.39, 0.29) is 22.1 Å². The van der Waals surface area contributed by atoms with Crippen molar-refractivity contribution in [2.24, 2.45) is 5.92 Å². The second-order valence-electron chi connectivity index (χ2n) is 7.66. The number of Topliss-reactive ketones (excluding diaryl/α,β-unsaturated/α-hetero) is 1. The third-order valence-corrected chi connectivity index (χ3v) is 7.05. The van der Waals surface area contributed by atoms with Gasteiger partial charge in [0.25, 0.3) is 0 Å². The Balaban J connectivity index is 1.59. The van der Waals surface area contributed by atoms with Crippen LogP contribution >= 0.6 is 22.9 Å². The van der Waals surface area contributed by atoms with Crippen LogP contribution in [0.3, 0.4) is 0 Å². The lowest BCUT2D eigenvalue weighted by molar-refractivity contribution is -0.129. The number of methoxy groups -OCH3 is 2. The molecule has 2 aromatic rings. The maximum atomic E-state index is 13.5. The number of hydrogen-bond donors (Lipinski definition) is 1. The lowest BCUT2D eigenvalue weighted by Gasteiger charge is -2.35. The standard InChI is InChI=1S/C22H23ClN2O5S/c1-11-7-13(24-6-5-17-25-12(2)10-31-17)8-16(26)22(11)21(27)18-14(28-3)9-15(29-4)19(23)20(18)30-22/h8-11,24H,5-7H2,1-4H3. The van der Waals surface area contributed by atoms with Crippen LogP contribution in [0, 0.1) is 12.8 Å². The molecule has 164 valence electrons. The molecule has 0 bridgehead atoms. The van der Waals surface area contributed by atoms with Crippen LogP contribution in [0.25, 0.3) is 0 Å². The molecule has 2 unspecified atom stereocenters. The topological polar surface area (TPSA) is 86.8 Å². The minimum absolute atomic E-state index is 0.131. The van der Waals surface area contributed by atoms with E-state index in [0.29, 0.717) is 18.7 Å². The molecule has 1 aliphatic heterocycles. The van der Waals surface area contributed by atoms with Gasteiger partial charge in [0.1, 0.15) is 22.1 Å². The van der Waals surface area contributed by atoms with Gasteiger partial charge in [0.2, 0.25) is 17.2 Å². The number of carbonyl (C=O) groups is 2. The quantitative estimate of drug-likeness (QED) is 0.654. The summed E-state index contributed by atoms with van der Waals surface area (Å²) >= 11 is 8.02. The Morgan fingerprint density at radius 2 is 2.06 bits per heavy atom. The lowest BCUT2D eigenvalue weighted by Crippen LogP contribution is -2.55. The first-order valence-corrected chi connectivity index (χ1v) is 11.2. The van der Waals surface area contributed by atoms with Crippen LogP contribution in [-0.4, -0.2) is 42.9 Å². The molecule has 31 heavy (non-hydrogen) atoms. The number of hydrogen-bond acceptors (Lipinski definition) is 8. The molecule has 0 saturated carbocycles. The summed E-state index contributed by atoms with van der Waals surface area (Å²) in [7, 11) is 2.90. The Bertz CT molecular complexity index is 1100. The Morgan fingerprint density at radius 3 is 2.68 bits per heavy atom. The summed E-state index contributed by atoms with van der Waals surface area (Å²) in [6, 6.07) is 1.53. The zero-order chi connectivity index (χ0) is 22.3. The van der Waals surface area contributed by atoms with Gasteiger partial charge in [0.05, 0.1) is 19.2 Å². The van der Waals surface area contributed by atoms with E-state index in [9.17, 15) is 9.59 Å². The largest absolute Gasteiger partial charge is 0.496 e. The van der Waals surface area contributed by atoms with E-state index in [2.05, 4.69) is 10.3 Å². The summed E-state index contributed by atoms with van der Waals surface area (Å²) < 4.78 is 16.7. The van der Waals surface area contributed by atoms with Crippen molar-refractivity contribution < 1.29 is 23.8 Å². The summed E-state index contributed by atoms with van der Waals surface area (Å²) in [5.74, 6) is -0.529. The average Bonchev–Trinajstić information content (AvgIpc) is 3.29. The molecular formula is C22H23ClN2O5S. The maximum Gasteiger partial charge on any atom is 0.236 e. The Labute approximate surface area is 189 Å². The number of aromatic nitrogens is 1. The molecule has 7 nitrogen and oxygen atoms in total. The predicted molar refractivity (Wildman–Crippen MR) is 118 cm³/mol. The number of ketones is 2. The van der Waals surface area contributed by atoms with Gasteiger partial charge < -0.3 is 19.5 Å². The molecule has 1 aliphatic carbocycles. The molecule has 0 fully saturated rings. The third-order valence-electron chi connectivity index (χ3n) is 5.67. The second kappa shape index (κ2) is 8.16. The Kier molecular flexibility index (Phi) is 5.70. The molecule has 2 aliphatic rings. The van der Waals surface area contributed by atoms with E-state index in [4.69, 9.17) is 25.8 Å². The van der Waals surface area contributed by atoms with Gasteiger partial charge in [0, 0.05) is 47.8 Å². The van der Waals surface area contributed by atoms with E-state index >= 15 is 0 Å². The summed E-state index contributed by atoms with van der Waals surface area (Å²) in [6.45, 7) is 4.44. The first-order chi connectivity index (χ1) is 14.8. The van der Waals surface area contributed by atoms with Gasteiger partial charge in [-0.15, -0.1) is 11.3 Å². The number of nitrogens with one attached hydrogen (secondary N) is 1. The van der Waals surface area contributed by atoms with Gasteiger partial charge in [-0.25, -0.2) is 4.98 Å². The highest BCUT2D eigenvalue weighted by atomic mass is 35.5. The monoisotopic (exact) mass is 462 g/mol. The van der Waals surface area contributed by atoms with E-state index in [1.807, 2.05) is 19.2 Å². The smallest absolute Gasteiger partial charge is 0.236 e. The predicted octanol–water partition coefficient (Wildman–Crippen LogP) is 3.76. The van der Waals surface area contributed by atoms with Crippen LogP contribution in [0.15, 0.2) is 23.2 Å². The summed E-state index contributed by atoms with van der Waals surface area (Å²) in [6.07, 6.45) is 2.71. The highest BCUT2D eigenvalue weighted by Crippen LogP contribution is 2.52. The van der Waals surface area contributed by atoms with Crippen LogP contribution in [0.4, 0.5) is 0 Å². The van der Waals surface area contributed by atoms with Gasteiger partial charge in [0.15, 0.2) is 5.75 Å². The van der Waals surface area contributed by atoms with Gasteiger partial charge in [-0.2, -0.15) is 0 Å². The van der Waals surface area contributed by atoms with Crippen LogP contribution in [0.2, 0.25) is 5.02 Å². The molecule has 1 N–H and O–H groups in total. The van der Waals surface area contributed by atoms with Crippen LogP contribution in [0.5, 0.6) is 17.2 Å². The number of aryl methyl sites for hydroxylation is 1. The maximum absolute atomic E-state index is 13.5. The average molecular weight is 463 g/mol. The van der Waals surface area contributed by atoms with Crippen LogP contribution in [0.1, 0.15) is 34.4 Å². The van der Waals surface area contributed by atoms with Crippen LogP contribution in [-0.2, 0) is 11.2 Å². The lowest BCUT2D eigenvalue weighted by atomic mass is 9.74. The first-order valence-electron chi connectivity index (χ1n) is 9.90. The minimum atomic E-state index is -1.65. The van der Waals surface area contributed by atoms with E-state index < -0.39 is 23.1 Å². The number of allylic oxidation sites excluding steroid dienone is 1. The number of nitrogens with zero attached hydrogens (tertiary/aromatic N) is 1. The van der Waals surface area contributed by atoms with E-state index in [0.717, 1.165) is 22.8 Å². The van der Waals surface area contributed by atoms with Gasteiger partial charge in [-0.3, -0.25) is 9.59 Å². The molecule has 9 heteroatoms.